The lowest BCUT2D eigenvalue weighted by atomic mass is 10.2. The average molecular weight is 365 g/mol. The largest absolute Gasteiger partial charge is 0.368 e. The Bertz CT molecular complexity index is 876. The number of nitrogens with one attached hydrogen (secondary N) is 3. The second-order valence-corrected chi connectivity index (χ2v) is 7.02. The van der Waals surface area contributed by atoms with Gasteiger partial charge in [-0.2, -0.15) is 0 Å². The first-order valence-electron chi connectivity index (χ1n) is 7.73. The van der Waals surface area contributed by atoms with Gasteiger partial charge in [-0.1, -0.05) is 23.9 Å². The Kier molecular flexibility index (Phi) is 4.49. The van der Waals surface area contributed by atoms with Crippen molar-refractivity contribution in [1.29, 1.82) is 0 Å². The first-order valence-corrected chi connectivity index (χ1v) is 9.02. The lowest BCUT2D eigenvalue weighted by molar-refractivity contribution is 1.13. The minimum absolute atomic E-state index is 0.167. The summed E-state index contributed by atoms with van der Waals surface area (Å²) in [6.07, 6.45) is 7.15. The van der Waals surface area contributed by atoms with Crippen LogP contribution in [0.25, 0.3) is 0 Å². The highest BCUT2D eigenvalue weighted by Crippen LogP contribution is 2.46. The van der Waals surface area contributed by atoms with Crippen LogP contribution in [0.1, 0.15) is 10.9 Å². The van der Waals surface area contributed by atoms with Gasteiger partial charge >= 0.3 is 0 Å². The lowest BCUT2D eigenvalue weighted by Crippen LogP contribution is -2.19. The number of aromatic nitrogens is 2. The fraction of sp³-hybridized carbons (Fsp3) is 0.0556. The van der Waals surface area contributed by atoms with Gasteiger partial charge in [-0.25, -0.2) is 0 Å². The monoisotopic (exact) mass is 365 g/mol. The fourth-order valence-electron chi connectivity index (χ4n) is 2.55. The molecule has 2 aromatic heterocycles. The van der Waals surface area contributed by atoms with E-state index in [2.05, 4.69) is 38.1 Å². The van der Waals surface area contributed by atoms with Crippen molar-refractivity contribution >= 4 is 46.2 Å². The number of hydrogen-bond acceptors (Lipinski definition) is 5. The number of thioether (sulfide) groups is 1. The molecule has 1 aliphatic heterocycles. The molecule has 7 heteroatoms. The van der Waals surface area contributed by atoms with Gasteiger partial charge in [-0.05, 0) is 48.1 Å². The summed E-state index contributed by atoms with van der Waals surface area (Å²) in [7, 11) is 0. The van der Waals surface area contributed by atoms with E-state index in [9.17, 15) is 0 Å². The molecule has 0 fully saturated rings. The van der Waals surface area contributed by atoms with Crippen molar-refractivity contribution in [1.82, 2.24) is 9.97 Å². The standard InChI is InChI=1S/C18H15N5S2/c24-18(22-14-5-2-7-19-10-14)21-13-4-1-3-12(9-13)17-23-15-6-8-20-11-16(15)25-17/h1-11,17,23H,(H2,21,22,24). The van der Waals surface area contributed by atoms with Gasteiger partial charge in [0.25, 0.3) is 0 Å². The van der Waals surface area contributed by atoms with E-state index in [0.717, 1.165) is 17.1 Å². The summed E-state index contributed by atoms with van der Waals surface area (Å²) < 4.78 is 0. The van der Waals surface area contributed by atoms with E-state index in [1.807, 2.05) is 36.5 Å². The fourth-order valence-corrected chi connectivity index (χ4v) is 3.89. The van der Waals surface area contributed by atoms with Gasteiger partial charge in [-0.3, -0.25) is 9.97 Å². The number of rotatable bonds is 3. The molecule has 0 spiro atoms. The van der Waals surface area contributed by atoms with E-state index in [1.54, 1.807) is 30.4 Å². The zero-order valence-electron chi connectivity index (χ0n) is 13.1. The van der Waals surface area contributed by atoms with E-state index in [-0.39, 0.29) is 5.37 Å². The maximum Gasteiger partial charge on any atom is 0.175 e. The SMILES string of the molecule is S=C(Nc1cccnc1)Nc1cccc(C2Nc3ccncc3S2)c1. The molecule has 0 saturated heterocycles. The Balaban J connectivity index is 1.44. The number of benzene rings is 1. The van der Waals surface area contributed by atoms with Gasteiger partial charge in [0.05, 0.1) is 22.5 Å². The highest BCUT2D eigenvalue weighted by atomic mass is 32.2. The van der Waals surface area contributed by atoms with Crippen LogP contribution in [0.15, 0.2) is 72.1 Å². The van der Waals surface area contributed by atoms with Gasteiger partial charge in [0.15, 0.2) is 5.11 Å². The number of hydrogen-bond donors (Lipinski definition) is 3. The van der Waals surface area contributed by atoms with E-state index >= 15 is 0 Å². The third kappa shape index (κ3) is 3.72. The minimum atomic E-state index is 0.167. The van der Waals surface area contributed by atoms with Crippen LogP contribution in [-0.2, 0) is 0 Å². The summed E-state index contributed by atoms with van der Waals surface area (Å²) in [6.45, 7) is 0. The summed E-state index contributed by atoms with van der Waals surface area (Å²) in [5.74, 6) is 0. The molecular weight excluding hydrogens is 350 g/mol. The smallest absolute Gasteiger partial charge is 0.175 e. The first-order chi connectivity index (χ1) is 12.3. The minimum Gasteiger partial charge on any atom is -0.368 e. The van der Waals surface area contributed by atoms with Crippen molar-refractivity contribution in [3.05, 3.63) is 72.8 Å². The van der Waals surface area contributed by atoms with Crippen LogP contribution in [0, 0.1) is 0 Å². The first kappa shape index (κ1) is 15.9. The molecule has 3 heterocycles. The Morgan fingerprint density at radius 2 is 1.84 bits per heavy atom. The van der Waals surface area contributed by atoms with Crippen LogP contribution >= 0.6 is 24.0 Å². The third-order valence-electron chi connectivity index (χ3n) is 3.68. The molecule has 0 amide bonds. The second-order valence-electron chi connectivity index (χ2n) is 5.46. The molecule has 3 N–H and O–H groups in total. The Labute approximate surface area is 155 Å². The van der Waals surface area contributed by atoms with Crippen LogP contribution in [0.4, 0.5) is 17.1 Å². The molecule has 1 aliphatic rings. The van der Waals surface area contributed by atoms with Crippen molar-refractivity contribution in [3.63, 3.8) is 0 Å². The summed E-state index contributed by atoms with van der Waals surface area (Å²) in [5, 5.41) is 10.5. The Morgan fingerprint density at radius 3 is 2.68 bits per heavy atom. The number of thiocarbonyl (C=S) groups is 1. The lowest BCUT2D eigenvalue weighted by Gasteiger charge is -2.14. The average Bonchev–Trinajstić information content (AvgIpc) is 3.07. The van der Waals surface area contributed by atoms with Gasteiger partial charge in [0, 0.05) is 24.3 Å². The van der Waals surface area contributed by atoms with E-state index < -0.39 is 0 Å². The number of pyridine rings is 2. The number of anilines is 3. The molecule has 1 aromatic carbocycles. The van der Waals surface area contributed by atoms with Crippen molar-refractivity contribution in [2.45, 2.75) is 10.3 Å². The number of nitrogens with zero attached hydrogens (tertiary/aromatic N) is 2. The molecule has 0 radical (unpaired) electrons. The maximum absolute atomic E-state index is 5.37. The molecule has 0 saturated carbocycles. The summed E-state index contributed by atoms with van der Waals surface area (Å²) in [5.41, 5.74) is 4.09. The molecule has 5 nitrogen and oxygen atoms in total. The van der Waals surface area contributed by atoms with Crippen LogP contribution < -0.4 is 16.0 Å². The molecular formula is C18H15N5S2. The Morgan fingerprint density at radius 1 is 1.00 bits per heavy atom. The molecule has 124 valence electrons. The Hall–Kier alpha value is -2.64. The van der Waals surface area contributed by atoms with Gasteiger partial charge in [-0.15, -0.1) is 0 Å². The van der Waals surface area contributed by atoms with E-state index in [0.29, 0.717) is 5.11 Å². The number of fused-ring (bicyclic) bond motifs is 1. The molecule has 1 unspecified atom stereocenters. The molecule has 1 atom stereocenters. The van der Waals surface area contributed by atoms with Crippen LogP contribution in [0.2, 0.25) is 0 Å². The van der Waals surface area contributed by atoms with Gasteiger partial charge in [0.2, 0.25) is 0 Å². The topological polar surface area (TPSA) is 61.9 Å². The van der Waals surface area contributed by atoms with E-state index in [1.165, 1.54) is 10.5 Å². The summed E-state index contributed by atoms with van der Waals surface area (Å²) >= 11 is 7.14. The predicted octanol–water partition coefficient (Wildman–Crippen LogP) is 4.50. The summed E-state index contributed by atoms with van der Waals surface area (Å²) in [6, 6.07) is 14.0. The normalized spacial score (nSPS) is 15.1. The molecule has 0 aliphatic carbocycles. The third-order valence-corrected chi connectivity index (χ3v) is 5.09. The highest BCUT2D eigenvalue weighted by Gasteiger charge is 2.22. The zero-order chi connectivity index (χ0) is 17.1. The van der Waals surface area contributed by atoms with Crippen molar-refractivity contribution < 1.29 is 0 Å². The van der Waals surface area contributed by atoms with Gasteiger partial charge in [0.1, 0.15) is 5.37 Å². The van der Waals surface area contributed by atoms with Crippen molar-refractivity contribution in [2.75, 3.05) is 16.0 Å². The molecule has 0 bridgehead atoms. The maximum atomic E-state index is 5.37. The molecule has 4 rings (SSSR count). The van der Waals surface area contributed by atoms with Crippen LogP contribution in [0.3, 0.4) is 0 Å². The molecule has 25 heavy (non-hydrogen) atoms. The molecule has 3 aromatic rings. The van der Waals surface area contributed by atoms with E-state index in [4.69, 9.17) is 12.2 Å². The van der Waals surface area contributed by atoms with Crippen molar-refractivity contribution in [2.24, 2.45) is 0 Å². The van der Waals surface area contributed by atoms with Crippen LogP contribution in [0.5, 0.6) is 0 Å². The predicted molar refractivity (Wildman–Crippen MR) is 107 cm³/mol. The second kappa shape index (κ2) is 7.08. The quantitative estimate of drug-likeness (QED) is 0.591. The van der Waals surface area contributed by atoms with Crippen LogP contribution in [-0.4, -0.2) is 15.1 Å². The summed E-state index contributed by atoms with van der Waals surface area (Å²) in [4.78, 5) is 9.41. The zero-order valence-corrected chi connectivity index (χ0v) is 14.8. The highest BCUT2D eigenvalue weighted by molar-refractivity contribution is 8.00. The van der Waals surface area contributed by atoms with Crippen molar-refractivity contribution in [3.8, 4) is 0 Å². The van der Waals surface area contributed by atoms with Gasteiger partial charge < -0.3 is 16.0 Å².